The third-order valence-corrected chi connectivity index (χ3v) is 3.20. The van der Waals surface area contributed by atoms with Gasteiger partial charge in [-0.05, 0) is 32.8 Å². The molecule has 0 saturated carbocycles. The van der Waals surface area contributed by atoms with E-state index in [-0.39, 0.29) is 11.9 Å². The molecule has 6 heteroatoms. The van der Waals surface area contributed by atoms with Gasteiger partial charge in [0.25, 0.3) is 5.78 Å². The van der Waals surface area contributed by atoms with Crippen LogP contribution in [0.15, 0.2) is 6.07 Å². The summed E-state index contributed by atoms with van der Waals surface area (Å²) in [5, 5.41) is 8.25. The molecule has 108 valence electrons. The van der Waals surface area contributed by atoms with Crippen LogP contribution in [-0.4, -0.2) is 32.2 Å². The summed E-state index contributed by atoms with van der Waals surface area (Å²) >= 11 is 0. The van der Waals surface area contributed by atoms with Crippen LogP contribution < -0.4 is 0 Å². The van der Waals surface area contributed by atoms with Crippen LogP contribution in [0.1, 0.15) is 43.9 Å². The van der Waals surface area contributed by atoms with E-state index in [1.165, 1.54) is 0 Å². The fraction of sp³-hybridized carbons (Fsp3) is 0.571. The maximum atomic E-state index is 12.2. The van der Waals surface area contributed by atoms with Crippen molar-refractivity contribution in [3.63, 3.8) is 0 Å². The first kappa shape index (κ1) is 14.4. The third-order valence-electron chi connectivity index (χ3n) is 3.20. The van der Waals surface area contributed by atoms with Gasteiger partial charge in [0.15, 0.2) is 5.82 Å². The first-order valence-corrected chi connectivity index (χ1v) is 6.81. The number of carbonyl (C=O) groups is 1. The molecule has 20 heavy (non-hydrogen) atoms. The number of nitrogens with zero attached hydrogens (tertiary/aromatic N) is 4. The van der Waals surface area contributed by atoms with Crippen LogP contribution >= 0.6 is 0 Å². The van der Waals surface area contributed by atoms with Gasteiger partial charge in [-0.3, -0.25) is 9.20 Å². The number of aromatic nitrogens is 4. The van der Waals surface area contributed by atoms with Crippen LogP contribution in [0.2, 0.25) is 0 Å². The van der Waals surface area contributed by atoms with Crippen LogP contribution in [0.3, 0.4) is 0 Å². The molecule has 6 nitrogen and oxygen atoms in total. The van der Waals surface area contributed by atoms with Crippen molar-refractivity contribution >= 4 is 11.7 Å². The minimum absolute atomic E-state index is 0.0714. The molecular formula is C14H20N4O2. The van der Waals surface area contributed by atoms with Crippen molar-refractivity contribution in [2.24, 2.45) is 5.92 Å². The summed E-state index contributed by atoms with van der Waals surface area (Å²) in [6, 6.07) is 1.95. The first-order valence-electron chi connectivity index (χ1n) is 6.81. The van der Waals surface area contributed by atoms with Crippen LogP contribution in [0.25, 0.3) is 5.78 Å². The molecule has 1 unspecified atom stereocenters. The Hall–Kier alpha value is -1.98. The van der Waals surface area contributed by atoms with E-state index in [0.29, 0.717) is 18.2 Å². The molecule has 2 heterocycles. The molecule has 0 bridgehead atoms. The zero-order valence-corrected chi connectivity index (χ0v) is 12.5. The van der Waals surface area contributed by atoms with Crippen molar-refractivity contribution in [3.8, 4) is 0 Å². The van der Waals surface area contributed by atoms with Crippen molar-refractivity contribution in [1.82, 2.24) is 19.6 Å². The highest BCUT2D eigenvalue weighted by Crippen LogP contribution is 2.25. The quantitative estimate of drug-likeness (QED) is 0.799. The molecule has 0 radical (unpaired) electrons. The summed E-state index contributed by atoms with van der Waals surface area (Å²) in [7, 11) is 0. The largest absolute Gasteiger partial charge is 0.465 e. The van der Waals surface area contributed by atoms with Gasteiger partial charge in [-0.2, -0.15) is 0 Å². The number of ether oxygens (including phenoxy) is 1. The molecule has 0 N–H and O–H groups in total. The van der Waals surface area contributed by atoms with Crippen LogP contribution in [0.5, 0.6) is 0 Å². The van der Waals surface area contributed by atoms with E-state index in [1.807, 2.05) is 38.2 Å². The fourth-order valence-corrected chi connectivity index (χ4v) is 2.36. The Morgan fingerprint density at radius 3 is 2.65 bits per heavy atom. The number of hydrogen-bond acceptors (Lipinski definition) is 5. The molecule has 0 spiro atoms. The zero-order chi connectivity index (χ0) is 14.9. The lowest BCUT2D eigenvalue weighted by molar-refractivity contribution is -0.146. The Morgan fingerprint density at radius 1 is 1.35 bits per heavy atom. The molecule has 0 amide bonds. The number of esters is 1. The molecule has 0 saturated heterocycles. The summed E-state index contributed by atoms with van der Waals surface area (Å²) in [5.41, 5.74) is 1.84. The van der Waals surface area contributed by atoms with Crippen LogP contribution in [0, 0.1) is 19.8 Å². The molecule has 2 rings (SSSR count). The third kappa shape index (κ3) is 2.50. The van der Waals surface area contributed by atoms with E-state index in [0.717, 1.165) is 11.4 Å². The Morgan fingerprint density at radius 2 is 2.05 bits per heavy atom. The molecule has 1 atom stereocenters. The maximum absolute atomic E-state index is 12.2. The average Bonchev–Trinajstić information content (AvgIpc) is 2.73. The van der Waals surface area contributed by atoms with Gasteiger partial charge < -0.3 is 4.74 Å². The summed E-state index contributed by atoms with van der Waals surface area (Å²) in [5.74, 6) is 0.484. The summed E-state index contributed by atoms with van der Waals surface area (Å²) in [6.45, 7) is 9.96. The lowest BCUT2D eigenvalue weighted by Gasteiger charge is -2.18. The van der Waals surface area contributed by atoms with Gasteiger partial charge in [-0.25, -0.2) is 4.98 Å². The smallest absolute Gasteiger partial charge is 0.316 e. The normalized spacial score (nSPS) is 12.9. The second-order valence-corrected chi connectivity index (χ2v) is 5.21. The summed E-state index contributed by atoms with van der Waals surface area (Å²) < 4.78 is 6.99. The van der Waals surface area contributed by atoms with Crippen molar-refractivity contribution in [3.05, 3.63) is 23.3 Å². The fourth-order valence-electron chi connectivity index (χ4n) is 2.36. The molecule has 0 aliphatic rings. The highest BCUT2D eigenvalue weighted by molar-refractivity contribution is 5.77. The van der Waals surface area contributed by atoms with E-state index in [2.05, 4.69) is 15.2 Å². The van der Waals surface area contributed by atoms with E-state index in [4.69, 9.17) is 4.74 Å². The molecular weight excluding hydrogens is 256 g/mol. The van der Waals surface area contributed by atoms with Gasteiger partial charge in [0.05, 0.1) is 6.61 Å². The molecule has 0 aliphatic heterocycles. The number of hydrogen-bond donors (Lipinski definition) is 0. The zero-order valence-electron chi connectivity index (χ0n) is 12.5. The Labute approximate surface area is 118 Å². The topological polar surface area (TPSA) is 69.4 Å². The molecule has 2 aromatic heterocycles. The van der Waals surface area contributed by atoms with E-state index < -0.39 is 5.92 Å². The highest BCUT2D eigenvalue weighted by Gasteiger charge is 2.31. The Bertz CT molecular complexity index is 633. The van der Waals surface area contributed by atoms with Gasteiger partial charge in [-0.15, -0.1) is 10.2 Å². The maximum Gasteiger partial charge on any atom is 0.316 e. The number of rotatable bonds is 4. The SMILES string of the molecule is CCOC(=O)C(c1nnc2nc(C)cc(C)n12)C(C)C. The van der Waals surface area contributed by atoms with Crippen LogP contribution in [-0.2, 0) is 9.53 Å². The second kappa shape index (κ2) is 5.56. The number of fused-ring (bicyclic) bond motifs is 1. The summed E-state index contributed by atoms with van der Waals surface area (Å²) in [4.78, 5) is 16.5. The number of aryl methyl sites for hydroxylation is 2. The average molecular weight is 276 g/mol. The highest BCUT2D eigenvalue weighted by atomic mass is 16.5. The van der Waals surface area contributed by atoms with Crippen molar-refractivity contribution in [2.75, 3.05) is 6.61 Å². The van der Waals surface area contributed by atoms with Crippen molar-refractivity contribution in [1.29, 1.82) is 0 Å². The lowest BCUT2D eigenvalue weighted by Crippen LogP contribution is -2.23. The Balaban J connectivity index is 2.57. The van der Waals surface area contributed by atoms with E-state index in [9.17, 15) is 4.79 Å². The van der Waals surface area contributed by atoms with Crippen LogP contribution in [0.4, 0.5) is 0 Å². The molecule has 2 aromatic rings. The monoisotopic (exact) mass is 276 g/mol. The van der Waals surface area contributed by atoms with Gasteiger partial charge in [0.2, 0.25) is 0 Å². The molecule has 0 aliphatic carbocycles. The summed E-state index contributed by atoms with van der Waals surface area (Å²) in [6.07, 6.45) is 0. The standard InChI is InChI=1S/C14H20N4O2/c1-6-20-13(19)11(8(2)3)12-16-17-14-15-9(4)7-10(5)18(12)14/h7-8,11H,6H2,1-5H3. The van der Waals surface area contributed by atoms with Gasteiger partial charge in [-0.1, -0.05) is 13.8 Å². The minimum atomic E-state index is -0.437. The molecule has 0 aromatic carbocycles. The predicted molar refractivity (Wildman–Crippen MR) is 74.5 cm³/mol. The van der Waals surface area contributed by atoms with Gasteiger partial charge in [0, 0.05) is 11.4 Å². The lowest BCUT2D eigenvalue weighted by atomic mass is 9.95. The number of carbonyl (C=O) groups excluding carboxylic acids is 1. The molecule has 0 fully saturated rings. The van der Waals surface area contributed by atoms with Gasteiger partial charge >= 0.3 is 5.97 Å². The second-order valence-electron chi connectivity index (χ2n) is 5.21. The first-order chi connectivity index (χ1) is 9.45. The van der Waals surface area contributed by atoms with Crippen molar-refractivity contribution < 1.29 is 9.53 Å². The van der Waals surface area contributed by atoms with Gasteiger partial charge in [0.1, 0.15) is 5.92 Å². The van der Waals surface area contributed by atoms with E-state index in [1.54, 1.807) is 6.92 Å². The van der Waals surface area contributed by atoms with E-state index >= 15 is 0 Å². The minimum Gasteiger partial charge on any atom is -0.465 e. The van der Waals surface area contributed by atoms with Crippen molar-refractivity contribution in [2.45, 2.75) is 40.5 Å². The Kier molecular flexibility index (Phi) is 4.01. The predicted octanol–water partition coefficient (Wildman–Crippen LogP) is 2.04.